The van der Waals surface area contributed by atoms with Crippen molar-refractivity contribution in [2.24, 2.45) is 46.8 Å². The van der Waals surface area contributed by atoms with Gasteiger partial charge >= 0.3 is 0 Å². The van der Waals surface area contributed by atoms with Crippen LogP contribution in [0.4, 0.5) is 0 Å². The summed E-state index contributed by atoms with van der Waals surface area (Å²) in [6, 6.07) is 2.72. The van der Waals surface area contributed by atoms with Crippen molar-refractivity contribution in [1.82, 2.24) is 0 Å². The summed E-state index contributed by atoms with van der Waals surface area (Å²) >= 11 is 0. The van der Waals surface area contributed by atoms with E-state index in [4.69, 9.17) is 0 Å². The van der Waals surface area contributed by atoms with Crippen LogP contribution < -0.4 is 0 Å². The van der Waals surface area contributed by atoms with Gasteiger partial charge in [0, 0.05) is 6.42 Å². The van der Waals surface area contributed by atoms with E-state index in [0.29, 0.717) is 34.9 Å². The maximum absolute atomic E-state index is 11.8. The van der Waals surface area contributed by atoms with Crippen molar-refractivity contribution in [3.05, 3.63) is 23.8 Å². The van der Waals surface area contributed by atoms with Crippen LogP contribution in [0.1, 0.15) is 45.4 Å². The highest BCUT2D eigenvalue weighted by atomic mass is 16.1. The van der Waals surface area contributed by atoms with E-state index in [-0.39, 0.29) is 0 Å². The van der Waals surface area contributed by atoms with Crippen molar-refractivity contribution in [3.8, 4) is 6.07 Å². The van der Waals surface area contributed by atoms with Gasteiger partial charge in [0.1, 0.15) is 0 Å². The van der Waals surface area contributed by atoms with Gasteiger partial charge in [0.2, 0.25) is 0 Å². The lowest BCUT2D eigenvalue weighted by Crippen LogP contribution is -2.47. The van der Waals surface area contributed by atoms with Gasteiger partial charge in [0.15, 0.2) is 5.78 Å². The molecule has 0 heterocycles. The maximum atomic E-state index is 11.8. The predicted octanol–water partition coefficient (Wildman–Crippen LogP) is 4.29. The van der Waals surface area contributed by atoms with E-state index in [1.165, 1.54) is 31.3 Å². The average Bonchev–Trinajstić information content (AvgIpc) is 3.28. The molecule has 8 atom stereocenters. The molecule has 3 fully saturated rings. The Labute approximate surface area is 138 Å². The summed E-state index contributed by atoms with van der Waals surface area (Å²) < 4.78 is 0. The molecule has 3 saturated carbocycles. The number of carbonyl (C=O) groups excluding carboxylic acids is 1. The molecule has 5 aliphatic rings. The molecule has 0 aliphatic heterocycles. The quantitative estimate of drug-likeness (QED) is 0.725. The van der Waals surface area contributed by atoms with Gasteiger partial charge in [-0.25, -0.2) is 0 Å². The summed E-state index contributed by atoms with van der Waals surface area (Å²) in [7, 11) is 0. The largest absolute Gasteiger partial charge is 0.295 e. The molecule has 2 heteroatoms. The molecule has 5 rings (SSSR count). The summed E-state index contributed by atoms with van der Waals surface area (Å²) in [5.41, 5.74) is 1.59. The highest BCUT2D eigenvalue weighted by molar-refractivity contribution is 5.91. The van der Waals surface area contributed by atoms with E-state index in [0.717, 1.165) is 30.6 Å². The number of allylic oxidation sites excluding steroid dienone is 4. The highest BCUT2D eigenvalue weighted by Gasteiger charge is 2.70. The van der Waals surface area contributed by atoms with Gasteiger partial charge in [-0.2, -0.15) is 5.26 Å². The second kappa shape index (κ2) is 4.59. The first-order valence-corrected chi connectivity index (χ1v) is 9.52. The SMILES string of the molecule is CC[C@]12CC[C@H]3[C@@H](C=CC4=CC(=O)CC[C@@H]43)[C@@H]1[C@@H]1C[C@@H]1[C@@H]2C#N. The summed E-state index contributed by atoms with van der Waals surface area (Å²) in [5, 5.41) is 9.80. The molecule has 0 aromatic rings. The average molecular weight is 307 g/mol. The first-order chi connectivity index (χ1) is 11.2. The molecule has 5 aliphatic carbocycles. The molecule has 0 unspecified atom stereocenters. The third-order valence-corrected chi connectivity index (χ3v) is 8.20. The number of hydrogen-bond donors (Lipinski definition) is 0. The highest BCUT2D eigenvalue weighted by Crippen LogP contribution is 2.74. The Kier molecular flexibility index (Phi) is 2.80. The van der Waals surface area contributed by atoms with Crippen molar-refractivity contribution in [3.63, 3.8) is 0 Å². The number of ketones is 1. The fraction of sp³-hybridized carbons (Fsp3) is 0.714. The standard InChI is InChI=1S/C21H25NO/c1-2-21-8-7-15-14-6-4-13(23)9-12(14)3-5-16(15)20(21)18-10-17(18)19(21)11-22/h3,5,9,14-20H,2,4,6-8,10H2,1H3/t14-,15+,16+,17-,18+,19-,20+,21+/m0/s1. The molecule has 23 heavy (non-hydrogen) atoms. The smallest absolute Gasteiger partial charge is 0.155 e. The van der Waals surface area contributed by atoms with Gasteiger partial charge in [-0.3, -0.25) is 4.79 Å². The van der Waals surface area contributed by atoms with E-state index in [1.54, 1.807) is 0 Å². The zero-order chi connectivity index (χ0) is 15.8. The van der Waals surface area contributed by atoms with Gasteiger partial charge in [-0.1, -0.05) is 19.1 Å². The van der Waals surface area contributed by atoms with Gasteiger partial charge in [0.25, 0.3) is 0 Å². The van der Waals surface area contributed by atoms with Crippen LogP contribution in [-0.2, 0) is 4.79 Å². The van der Waals surface area contributed by atoms with Crippen molar-refractivity contribution in [1.29, 1.82) is 5.26 Å². The molecule has 0 radical (unpaired) electrons. The first kappa shape index (κ1) is 14.0. The number of rotatable bonds is 1. The zero-order valence-electron chi connectivity index (χ0n) is 13.9. The van der Waals surface area contributed by atoms with E-state index < -0.39 is 0 Å². The van der Waals surface area contributed by atoms with Gasteiger partial charge < -0.3 is 0 Å². The molecule has 120 valence electrons. The van der Waals surface area contributed by atoms with E-state index in [9.17, 15) is 10.1 Å². The molecule has 2 nitrogen and oxygen atoms in total. The Balaban J connectivity index is 1.56. The van der Waals surface area contributed by atoms with Crippen molar-refractivity contribution < 1.29 is 4.79 Å². The molecule has 0 bridgehead atoms. The fourth-order valence-electron chi connectivity index (χ4n) is 7.25. The number of hydrogen-bond acceptors (Lipinski definition) is 2. The molecule has 0 aromatic carbocycles. The van der Waals surface area contributed by atoms with Gasteiger partial charge in [-0.15, -0.1) is 0 Å². The van der Waals surface area contributed by atoms with Crippen molar-refractivity contribution >= 4 is 5.78 Å². The van der Waals surface area contributed by atoms with Crippen LogP contribution in [0.2, 0.25) is 0 Å². The second-order valence-corrected chi connectivity index (χ2v) is 8.68. The monoisotopic (exact) mass is 307 g/mol. The van der Waals surface area contributed by atoms with E-state index >= 15 is 0 Å². The van der Waals surface area contributed by atoms with Gasteiger partial charge in [-0.05, 0) is 84.7 Å². The topological polar surface area (TPSA) is 40.9 Å². The minimum Gasteiger partial charge on any atom is -0.295 e. The van der Waals surface area contributed by atoms with Crippen LogP contribution in [0.5, 0.6) is 0 Å². The van der Waals surface area contributed by atoms with Crippen LogP contribution in [0.3, 0.4) is 0 Å². The lowest BCUT2D eigenvalue weighted by molar-refractivity contribution is -0.115. The van der Waals surface area contributed by atoms with Crippen molar-refractivity contribution in [2.45, 2.75) is 45.4 Å². The normalized spacial score (nSPS) is 52.6. The minimum atomic E-state index is 0.291. The lowest BCUT2D eigenvalue weighted by Gasteiger charge is -2.53. The summed E-state index contributed by atoms with van der Waals surface area (Å²) in [4.78, 5) is 11.8. The summed E-state index contributed by atoms with van der Waals surface area (Å²) in [6.45, 7) is 2.32. The zero-order valence-corrected chi connectivity index (χ0v) is 13.9. The molecular weight excluding hydrogens is 282 g/mol. The third kappa shape index (κ3) is 1.66. The molecule has 0 spiro atoms. The number of carbonyl (C=O) groups is 1. The molecule has 0 amide bonds. The molecule has 0 N–H and O–H groups in total. The number of nitrogens with zero attached hydrogens (tertiary/aromatic N) is 1. The van der Waals surface area contributed by atoms with Gasteiger partial charge in [0.05, 0.1) is 12.0 Å². The van der Waals surface area contributed by atoms with Crippen LogP contribution in [0, 0.1) is 58.2 Å². The van der Waals surface area contributed by atoms with Crippen LogP contribution >= 0.6 is 0 Å². The number of fused-ring (bicyclic) bond motifs is 7. The Morgan fingerprint density at radius 2 is 2.17 bits per heavy atom. The maximum Gasteiger partial charge on any atom is 0.155 e. The van der Waals surface area contributed by atoms with Crippen LogP contribution in [0.15, 0.2) is 23.8 Å². The summed E-state index contributed by atoms with van der Waals surface area (Å²) in [6.07, 6.45) is 13.4. The molecular formula is C21H25NO. The first-order valence-electron chi connectivity index (χ1n) is 9.52. The second-order valence-electron chi connectivity index (χ2n) is 8.68. The van der Waals surface area contributed by atoms with E-state index in [2.05, 4.69) is 25.1 Å². The lowest BCUT2D eigenvalue weighted by atomic mass is 9.50. The Hall–Kier alpha value is -1.36. The van der Waals surface area contributed by atoms with Crippen LogP contribution in [-0.4, -0.2) is 5.78 Å². The fourth-order valence-corrected chi connectivity index (χ4v) is 7.25. The van der Waals surface area contributed by atoms with Crippen LogP contribution in [0.25, 0.3) is 0 Å². The van der Waals surface area contributed by atoms with E-state index in [1.807, 2.05) is 6.08 Å². The minimum absolute atomic E-state index is 0.291. The Bertz CT molecular complexity index is 668. The molecule has 0 aromatic heterocycles. The Morgan fingerprint density at radius 3 is 2.96 bits per heavy atom. The predicted molar refractivity (Wildman–Crippen MR) is 88.1 cm³/mol. The summed E-state index contributed by atoms with van der Waals surface area (Å²) in [5.74, 6) is 4.85. The molecule has 0 saturated heterocycles. The Morgan fingerprint density at radius 1 is 1.30 bits per heavy atom. The number of nitriles is 1. The van der Waals surface area contributed by atoms with Crippen molar-refractivity contribution in [2.75, 3.05) is 0 Å². The third-order valence-electron chi connectivity index (χ3n) is 8.20.